The van der Waals surface area contributed by atoms with Crippen LogP contribution < -0.4 is 0 Å². The van der Waals surface area contributed by atoms with E-state index in [0.29, 0.717) is 24.0 Å². The predicted octanol–water partition coefficient (Wildman–Crippen LogP) is 6.01. The van der Waals surface area contributed by atoms with Gasteiger partial charge in [0.1, 0.15) is 6.10 Å². The van der Waals surface area contributed by atoms with Gasteiger partial charge in [-0.1, -0.05) is 39.2 Å². The lowest BCUT2D eigenvalue weighted by Crippen LogP contribution is -2.51. The van der Waals surface area contributed by atoms with Crippen LogP contribution in [0.15, 0.2) is 11.6 Å². The van der Waals surface area contributed by atoms with Crippen LogP contribution in [0.5, 0.6) is 0 Å². The average molecular weight is 387 g/mol. The summed E-state index contributed by atoms with van der Waals surface area (Å²) in [4.78, 5) is 24.4. The first kappa shape index (κ1) is 20.2. The monoisotopic (exact) mass is 386 g/mol. The van der Waals surface area contributed by atoms with E-state index in [1.807, 2.05) is 6.08 Å². The largest absolute Gasteiger partial charge is 0.462 e. The number of ketones is 1. The Labute approximate surface area is 170 Å². The first-order chi connectivity index (χ1) is 13.4. The molecule has 0 amide bonds. The van der Waals surface area contributed by atoms with Crippen molar-refractivity contribution in [3.8, 4) is 0 Å². The second-order valence-electron chi connectivity index (χ2n) is 10.5. The van der Waals surface area contributed by atoms with Crippen LogP contribution in [0.1, 0.15) is 97.8 Å². The number of allylic oxidation sites excluding steroid dienone is 1. The van der Waals surface area contributed by atoms with Crippen molar-refractivity contribution in [2.24, 2.45) is 28.6 Å². The zero-order valence-electron chi connectivity index (χ0n) is 18.1. The van der Waals surface area contributed by atoms with E-state index < -0.39 is 0 Å². The summed E-state index contributed by atoms with van der Waals surface area (Å²) < 4.78 is 6.06. The molecule has 0 N–H and O–H groups in total. The van der Waals surface area contributed by atoms with Gasteiger partial charge < -0.3 is 4.74 Å². The molecule has 0 aliphatic heterocycles. The number of hydrogen-bond donors (Lipinski definition) is 0. The van der Waals surface area contributed by atoms with Gasteiger partial charge in [0.2, 0.25) is 0 Å². The molecule has 3 saturated carbocycles. The predicted molar refractivity (Wildman–Crippen MR) is 111 cm³/mol. The van der Waals surface area contributed by atoms with Crippen molar-refractivity contribution in [2.75, 3.05) is 0 Å². The second-order valence-corrected chi connectivity index (χ2v) is 10.5. The Bertz CT molecular complexity index is 665. The zero-order chi connectivity index (χ0) is 19.9. The molecule has 3 fully saturated rings. The molecule has 3 heteroatoms. The third-order valence-corrected chi connectivity index (χ3v) is 9.13. The first-order valence-corrected chi connectivity index (χ1v) is 11.8. The van der Waals surface area contributed by atoms with Gasteiger partial charge in [-0.3, -0.25) is 9.59 Å². The number of carbonyl (C=O) groups is 2. The van der Waals surface area contributed by atoms with Gasteiger partial charge in [0.15, 0.2) is 5.78 Å². The minimum atomic E-state index is 0.0223. The maximum absolute atomic E-state index is 12.4. The molecule has 0 aromatic rings. The van der Waals surface area contributed by atoms with Crippen LogP contribution in [0.2, 0.25) is 0 Å². The number of ether oxygens (including phenoxy) is 1. The Morgan fingerprint density at radius 1 is 1.07 bits per heavy atom. The van der Waals surface area contributed by atoms with Crippen molar-refractivity contribution in [1.29, 1.82) is 0 Å². The molecule has 0 unspecified atom stereocenters. The highest BCUT2D eigenvalue weighted by atomic mass is 16.5. The molecule has 0 bridgehead atoms. The molecule has 4 aliphatic carbocycles. The summed E-state index contributed by atoms with van der Waals surface area (Å²) in [5, 5.41) is 0. The van der Waals surface area contributed by atoms with E-state index >= 15 is 0 Å². The molecular weight excluding hydrogens is 348 g/mol. The van der Waals surface area contributed by atoms with Crippen LogP contribution in [0.4, 0.5) is 0 Å². The number of rotatable bonds is 5. The normalized spacial score (nSPS) is 42.2. The highest BCUT2D eigenvalue weighted by Gasteiger charge is 2.59. The average Bonchev–Trinajstić information content (AvgIpc) is 2.99. The van der Waals surface area contributed by atoms with E-state index in [0.717, 1.165) is 50.9 Å². The van der Waals surface area contributed by atoms with Gasteiger partial charge in [-0.15, -0.1) is 0 Å². The summed E-state index contributed by atoms with van der Waals surface area (Å²) in [6.07, 6.45) is 14.6. The molecule has 6 atom stereocenters. The third kappa shape index (κ3) is 3.27. The fourth-order valence-corrected chi connectivity index (χ4v) is 7.44. The third-order valence-electron chi connectivity index (χ3n) is 9.13. The highest BCUT2D eigenvalue weighted by molar-refractivity contribution is 5.91. The molecule has 0 saturated heterocycles. The summed E-state index contributed by atoms with van der Waals surface area (Å²) in [5.41, 5.74) is 1.82. The van der Waals surface area contributed by atoms with E-state index in [-0.39, 0.29) is 22.9 Å². The fraction of sp³-hybridized carbons (Fsp3) is 0.840. The number of esters is 1. The quantitative estimate of drug-likeness (QED) is 0.429. The number of unbranched alkanes of at least 4 members (excludes halogenated alkanes) is 2. The number of hydrogen-bond acceptors (Lipinski definition) is 3. The molecular formula is C25H38O3. The van der Waals surface area contributed by atoms with Gasteiger partial charge in [-0.25, -0.2) is 0 Å². The van der Waals surface area contributed by atoms with Gasteiger partial charge in [-0.05, 0) is 80.6 Å². The lowest BCUT2D eigenvalue weighted by Gasteiger charge is -2.57. The minimum Gasteiger partial charge on any atom is -0.462 e. The molecule has 0 aromatic carbocycles. The lowest BCUT2D eigenvalue weighted by molar-refractivity contribution is -0.160. The summed E-state index contributed by atoms with van der Waals surface area (Å²) >= 11 is 0. The van der Waals surface area contributed by atoms with E-state index in [9.17, 15) is 9.59 Å². The Morgan fingerprint density at radius 2 is 1.89 bits per heavy atom. The van der Waals surface area contributed by atoms with Crippen molar-refractivity contribution >= 4 is 11.8 Å². The topological polar surface area (TPSA) is 43.4 Å². The molecule has 156 valence electrons. The maximum atomic E-state index is 12.4. The molecule has 3 nitrogen and oxygen atoms in total. The van der Waals surface area contributed by atoms with Gasteiger partial charge in [0.25, 0.3) is 0 Å². The fourth-order valence-electron chi connectivity index (χ4n) is 7.44. The Morgan fingerprint density at radius 3 is 2.68 bits per heavy atom. The zero-order valence-corrected chi connectivity index (χ0v) is 18.1. The minimum absolute atomic E-state index is 0.0223. The van der Waals surface area contributed by atoms with Crippen LogP contribution in [0.3, 0.4) is 0 Å². The molecule has 0 spiro atoms. The second kappa shape index (κ2) is 7.61. The maximum Gasteiger partial charge on any atom is 0.306 e. The molecule has 0 radical (unpaired) electrons. The van der Waals surface area contributed by atoms with Crippen LogP contribution in [0, 0.1) is 28.6 Å². The molecule has 28 heavy (non-hydrogen) atoms. The summed E-state index contributed by atoms with van der Waals surface area (Å²) in [6.45, 7) is 7.01. The van der Waals surface area contributed by atoms with Crippen molar-refractivity contribution in [3.05, 3.63) is 11.6 Å². The highest BCUT2D eigenvalue weighted by Crippen LogP contribution is 2.65. The van der Waals surface area contributed by atoms with Gasteiger partial charge in [-0.2, -0.15) is 0 Å². The van der Waals surface area contributed by atoms with Crippen molar-refractivity contribution in [3.63, 3.8) is 0 Å². The van der Waals surface area contributed by atoms with E-state index in [1.165, 1.54) is 31.3 Å². The van der Waals surface area contributed by atoms with Gasteiger partial charge in [0, 0.05) is 18.3 Å². The summed E-state index contributed by atoms with van der Waals surface area (Å²) in [5.74, 6) is 2.47. The number of carbonyl (C=O) groups excluding carboxylic acids is 2. The van der Waals surface area contributed by atoms with Crippen molar-refractivity contribution in [1.82, 2.24) is 0 Å². The van der Waals surface area contributed by atoms with Gasteiger partial charge in [0.05, 0.1) is 0 Å². The smallest absolute Gasteiger partial charge is 0.306 e. The summed E-state index contributed by atoms with van der Waals surface area (Å²) in [7, 11) is 0. The molecule has 0 heterocycles. The van der Waals surface area contributed by atoms with E-state index in [4.69, 9.17) is 4.74 Å². The first-order valence-electron chi connectivity index (χ1n) is 11.8. The van der Waals surface area contributed by atoms with E-state index in [2.05, 4.69) is 20.8 Å². The van der Waals surface area contributed by atoms with Crippen LogP contribution in [-0.2, 0) is 14.3 Å². The lowest BCUT2D eigenvalue weighted by atomic mass is 9.47. The van der Waals surface area contributed by atoms with Crippen molar-refractivity contribution < 1.29 is 14.3 Å². The molecule has 0 aromatic heterocycles. The Kier molecular flexibility index (Phi) is 5.48. The Balaban J connectivity index is 1.47. The summed E-state index contributed by atoms with van der Waals surface area (Å²) in [6, 6.07) is 0. The van der Waals surface area contributed by atoms with Gasteiger partial charge >= 0.3 is 5.97 Å². The molecule has 4 aliphatic rings. The van der Waals surface area contributed by atoms with E-state index in [1.54, 1.807) is 0 Å². The molecule has 4 rings (SSSR count). The number of fused-ring (bicyclic) bond motifs is 5. The Hall–Kier alpha value is -1.12. The van der Waals surface area contributed by atoms with Crippen molar-refractivity contribution in [2.45, 2.75) is 104 Å². The van der Waals surface area contributed by atoms with Crippen LogP contribution in [0.25, 0.3) is 0 Å². The van der Waals surface area contributed by atoms with Crippen LogP contribution in [-0.4, -0.2) is 17.9 Å². The SMILES string of the molecule is CCCCCC(=O)O[C@H]1CC[C@H]2[C@H]3CCC4=CC(=O)CC[C@]4(C)[C@@H]3CC[C@]12C. The van der Waals surface area contributed by atoms with Crippen LogP contribution >= 0.6 is 0 Å². The standard InChI is InChI=1S/C25H38O3/c1-4-5-6-7-23(27)28-22-11-10-20-19-9-8-17-16-18(26)12-14-24(17,2)21(19)13-15-25(20,22)3/h16,19-22H,4-15H2,1-3H3/t19-,20+,21-,22+,24+,25+/m1/s1.